The summed E-state index contributed by atoms with van der Waals surface area (Å²) < 4.78 is 38.9. The highest BCUT2D eigenvalue weighted by Gasteiger charge is 2.29. The Hall–Kier alpha value is -2.94. The Bertz CT molecular complexity index is 1110. The highest BCUT2D eigenvalue weighted by molar-refractivity contribution is 7.92. The number of sulfonamides is 1. The van der Waals surface area contributed by atoms with E-state index in [1.807, 2.05) is 4.90 Å². The Labute approximate surface area is 215 Å². The Balaban J connectivity index is 1.78. The summed E-state index contributed by atoms with van der Waals surface area (Å²) >= 11 is 0. The molecule has 0 aromatic heterocycles. The third kappa shape index (κ3) is 6.06. The lowest BCUT2D eigenvalue weighted by molar-refractivity contribution is -0.136. The van der Waals surface area contributed by atoms with E-state index < -0.39 is 10.0 Å². The molecule has 9 heteroatoms. The smallest absolute Gasteiger partial charge is 0.264 e. The van der Waals surface area contributed by atoms with E-state index in [4.69, 9.17) is 9.47 Å². The zero-order valence-corrected chi connectivity index (χ0v) is 22.9. The van der Waals surface area contributed by atoms with Gasteiger partial charge in [-0.15, -0.1) is 0 Å². The van der Waals surface area contributed by atoms with Crippen LogP contribution in [0.4, 0.5) is 11.4 Å². The number of anilines is 2. The summed E-state index contributed by atoms with van der Waals surface area (Å²) in [5, 5.41) is 0. The highest BCUT2D eigenvalue weighted by atomic mass is 32.2. The summed E-state index contributed by atoms with van der Waals surface area (Å²) in [6.45, 7) is 6.66. The molecule has 0 radical (unpaired) electrons. The van der Waals surface area contributed by atoms with Crippen LogP contribution in [0.3, 0.4) is 0 Å². The monoisotopic (exact) mass is 517 g/mol. The van der Waals surface area contributed by atoms with E-state index in [2.05, 4.69) is 18.7 Å². The maximum absolute atomic E-state index is 13.4. The molecular formula is C27H39N3O5S. The van der Waals surface area contributed by atoms with Crippen molar-refractivity contribution in [2.75, 3.05) is 56.7 Å². The number of hydrogen-bond acceptors (Lipinski definition) is 6. The van der Waals surface area contributed by atoms with Crippen molar-refractivity contribution in [2.45, 2.75) is 44.4 Å². The molecule has 1 aliphatic rings. The van der Waals surface area contributed by atoms with Crippen LogP contribution in [0.5, 0.6) is 11.5 Å². The van der Waals surface area contributed by atoms with Crippen molar-refractivity contribution in [1.29, 1.82) is 0 Å². The molecule has 8 nitrogen and oxygen atoms in total. The molecule has 0 aliphatic carbocycles. The fourth-order valence-electron chi connectivity index (χ4n) is 4.55. The molecule has 2 aromatic rings. The van der Waals surface area contributed by atoms with Crippen molar-refractivity contribution in [2.24, 2.45) is 5.92 Å². The van der Waals surface area contributed by atoms with E-state index in [1.54, 1.807) is 56.7 Å². The number of rotatable bonds is 11. The summed E-state index contributed by atoms with van der Waals surface area (Å²) in [6.07, 6.45) is 3.94. The van der Waals surface area contributed by atoms with Crippen LogP contribution in [0, 0.1) is 5.92 Å². The first kappa shape index (κ1) is 27.6. The van der Waals surface area contributed by atoms with Crippen LogP contribution in [0.25, 0.3) is 0 Å². The number of piperazine rings is 1. The minimum Gasteiger partial charge on any atom is -0.497 e. The Kier molecular flexibility index (Phi) is 9.48. The first-order chi connectivity index (χ1) is 17.3. The van der Waals surface area contributed by atoms with Crippen LogP contribution < -0.4 is 18.7 Å². The summed E-state index contributed by atoms with van der Waals surface area (Å²) in [4.78, 5) is 17.3. The number of carbonyl (C=O) groups is 1. The fourth-order valence-corrected chi connectivity index (χ4v) is 5.76. The number of nitrogens with zero attached hydrogens (tertiary/aromatic N) is 3. The lowest BCUT2D eigenvalue weighted by atomic mass is 9.97. The normalized spacial score (nSPS) is 14.9. The van der Waals surface area contributed by atoms with Gasteiger partial charge in [0.25, 0.3) is 10.0 Å². The van der Waals surface area contributed by atoms with Crippen LogP contribution in [0.2, 0.25) is 0 Å². The van der Waals surface area contributed by atoms with Crippen molar-refractivity contribution in [3.63, 3.8) is 0 Å². The molecule has 198 valence electrons. The number of ether oxygens (including phenoxy) is 2. The summed E-state index contributed by atoms with van der Waals surface area (Å²) in [6, 6.07) is 11.8. The topological polar surface area (TPSA) is 79.4 Å². The van der Waals surface area contributed by atoms with Gasteiger partial charge in [-0.1, -0.05) is 26.7 Å². The zero-order chi connectivity index (χ0) is 26.3. The number of methoxy groups -OCH3 is 2. The van der Waals surface area contributed by atoms with Gasteiger partial charge in [0.2, 0.25) is 5.91 Å². The van der Waals surface area contributed by atoms with Crippen LogP contribution >= 0.6 is 0 Å². The lowest BCUT2D eigenvalue weighted by Gasteiger charge is -2.38. The predicted octanol–water partition coefficient (Wildman–Crippen LogP) is 4.39. The van der Waals surface area contributed by atoms with E-state index in [1.165, 1.54) is 11.4 Å². The van der Waals surface area contributed by atoms with Gasteiger partial charge < -0.3 is 19.3 Å². The van der Waals surface area contributed by atoms with E-state index in [0.717, 1.165) is 25.7 Å². The summed E-state index contributed by atoms with van der Waals surface area (Å²) in [5.74, 6) is 1.57. The van der Waals surface area contributed by atoms with E-state index in [0.29, 0.717) is 49.1 Å². The molecule has 1 saturated heterocycles. The number of hydrogen-bond donors (Lipinski definition) is 0. The van der Waals surface area contributed by atoms with E-state index in [-0.39, 0.29) is 16.7 Å². The van der Waals surface area contributed by atoms with Crippen LogP contribution in [0.1, 0.15) is 39.5 Å². The Morgan fingerprint density at radius 1 is 1.00 bits per heavy atom. The van der Waals surface area contributed by atoms with Gasteiger partial charge in [-0.25, -0.2) is 8.42 Å². The quantitative estimate of drug-likeness (QED) is 0.440. The van der Waals surface area contributed by atoms with Crippen molar-refractivity contribution >= 4 is 27.3 Å². The second kappa shape index (κ2) is 12.3. The van der Waals surface area contributed by atoms with Crippen molar-refractivity contribution in [1.82, 2.24) is 4.90 Å². The SMILES string of the molecule is CCCC[C@H](CC)C(=O)N1CCN(c2cc(S(=O)(=O)N(C)c3ccc(OC)cc3)ccc2OC)CC1. The van der Waals surface area contributed by atoms with Crippen molar-refractivity contribution < 1.29 is 22.7 Å². The van der Waals surface area contributed by atoms with Crippen molar-refractivity contribution in [3.8, 4) is 11.5 Å². The van der Waals surface area contributed by atoms with E-state index >= 15 is 0 Å². The van der Waals surface area contributed by atoms with Gasteiger partial charge >= 0.3 is 0 Å². The van der Waals surface area contributed by atoms with Gasteiger partial charge in [-0.3, -0.25) is 9.10 Å². The maximum Gasteiger partial charge on any atom is 0.264 e. The molecular weight excluding hydrogens is 478 g/mol. The van der Waals surface area contributed by atoms with Crippen LogP contribution in [0.15, 0.2) is 47.4 Å². The van der Waals surface area contributed by atoms with Crippen LogP contribution in [-0.4, -0.2) is 66.7 Å². The molecule has 1 heterocycles. The molecule has 0 saturated carbocycles. The average molecular weight is 518 g/mol. The predicted molar refractivity (Wildman–Crippen MR) is 144 cm³/mol. The summed E-state index contributed by atoms with van der Waals surface area (Å²) in [5.41, 5.74) is 1.25. The molecule has 3 rings (SSSR count). The third-order valence-corrected chi connectivity index (χ3v) is 8.71. The average Bonchev–Trinajstić information content (AvgIpc) is 2.92. The lowest BCUT2D eigenvalue weighted by Crippen LogP contribution is -2.50. The van der Waals surface area contributed by atoms with Gasteiger partial charge in [-0.05, 0) is 55.3 Å². The molecule has 1 amide bonds. The third-order valence-electron chi connectivity index (χ3n) is 6.92. The molecule has 2 aromatic carbocycles. The minimum absolute atomic E-state index is 0.0769. The summed E-state index contributed by atoms with van der Waals surface area (Å²) in [7, 11) is 0.883. The number of amides is 1. The van der Waals surface area contributed by atoms with Crippen LogP contribution in [-0.2, 0) is 14.8 Å². The molecule has 0 bridgehead atoms. The second-order valence-corrected chi connectivity index (χ2v) is 11.0. The molecule has 36 heavy (non-hydrogen) atoms. The van der Waals surface area contributed by atoms with Gasteiger partial charge in [-0.2, -0.15) is 0 Å². The van der Waals surface area contributed by atoms with Gasteiger partial charge in [0.1, 0.15) is 11.5 Å². The molecule has 1 atom stereocenters. The second-order valence-electron chi connectivity index (χ2n) is 9.06. The Morgan fingerprint density at radius 3 is 2.22 bits per heavy atom. The molecule has 0 spiro atoms. The van der Waals surface area contributed by atoms with Gasteiger partial charge in [0, 0.05) is 39.1 Å². The fraction of sp³-hybridized carbons (Fsp3) is 0.519. The molecule has 1 fully saturated rings. The maximum atomic E-state index is 13.4. The highest BCUT2D eigenvalue weighted by Crippen LogP contribution is 2.34. The number of benzene rings is 2. The van der Waals surface area contributed by atoms with Crippen molar-refractivity contribution in [3.05, 3.63) is 42.5 Å². The largest absolute Gasteiger partial charge is 0.497 e. The first-order valence-electron chi connectivity index (χ1n) is 12.6. The zero-order valence-electron chi connectivity index (χ0n) is 22.1. The standard InChI is InChI=1S/C27H39N3O5S/c1-6-8-9-21(7-2)27(31)30-18-16-29(17-19-30)25-20-24(14-15-26(25)35-5)36(32,33)28(3)22-10-12-23(34-4)13-11-22/h10-15,20-21H,6-9,16-19H2,1-5H3/t21-/m0/s1. The first-order valence-corrected chi connectivity index (χ1v) is 14.1. The van der Waals surface area contributed by atoms with E-state index in [9.17, 15) is 13.2 Å². The number of carbonyl (C=O) groups excluding carboxylic acids is 1. The molecule has 0 unspecified atom stereocenters. The number of unbranched alkanes of at least 4 members (excludes halogenated alkanes) is 1. The molecule has 0 N–H and O–H groups in total. The minimum atomic E-state index is -3.80. The Morgan fingerprint density at radius 2 is 1.67 bits per heavy atom. The van der Waals surface area contributed by atoms with Gasteiger partial charge in [0.15, 0.2) is 0 Å². The molecule has 1 aliphatic heterocycles. The van der Waals surface area contributed by atoms with Gasteiger partial charge in [0.05, 0.1) is 30.5 Å².